The van der Waals surface area contributed by atoms with Crippen molar-refractivity contribution in [2.45, 2.75) is 6.04 Å². The monoisotopic (exact) mass is 260 g/mol. The van der Waals surface area contributed by atoms with E-state index in [9.17, 15) is 4.79 Å². The van der Waals surface area contributed by atoms with Crippen molar-refractivity contribution in [2.75, 3.05) is 37.4 Å². The van der Waals surface area contributed by atoms with E-state index in [0.717, 1.165) is 5.69 Å². The minimum Gasteiger partial charge on any atom is -0.398 e. The van der Waals surface area contributed by atoms with Crippen LogP contribution >= 0.6 is 0 Å². The minimum absolute atomic E-state index is 0.102. The summed E-state index contributed by atoms with van der Waals surface area (Å²) < 4.78 is 5.34. The van der Waals surface area contributed by atoms with E-state index in [2.05, 4.69) is 5.32 Å². The van der Waals surface area contributed by atoms with Crippen LogP contribution in [0.25, 0.3) is 0 Å². The maximum Gasteiger partial charge on any atom is 0.244 e. The fourth-order valence-corrected chi connectivity index (χ4v) is 2.12. The molecule has 3 N–H and O–H groups in total. The van der Waals surface area contributed by atoms with E-state index in [4.69, 9.17) is 15.7 Å². The van der Waals surface area contributed by atoms with Gasteiger partial charge in [0.05, 0.1) is 18.8 Å². The molecule has 1 saturated heterocycles. The molecule has 1 unspecified atom stereocenters. The van der Waals surface area contributed by atoms with Gasteiger partial charge in [-0.25, -0.2) is 0 Å². The number of anilines is 2. The van der Waals surface area contributed by atoms with Gasteiger partial charge in [-0.2, -0.15) is 5.26 Å². The number of morpholine rings is 1. The van der Waals surface area contributed by atoms with E-state index in [1.807, 2.05) is 17.0 Å². The van der Waals surface area contributed by atoms with E-state index >= 15 is 0 Å². The molecule has 2 rings (SSSR count). The summed E-state index contributed by atoms with van der Waals surface area (Å²) in [6.45, 7) is 1.50. The van der Waals surface area contributed by atoms with Crippen molar-refractivity contribution in [3.05, 3.63) is 23.8 Å². The van der Waals surface area contributed by atoms with E-state index < -0.39 is 0 Å². The van der Waals surface area contributed by atoms with Gasteiger partial charge >= 0.3 is 0 Å². The van der Waals surface area contributed by atoms with Crippen molar-refractivity contribution in [3.63, 3.8) is 0 Å². The maximum atomic E-state index is 11.8. The van der Waals surface area contributed by atoms with Gasteiger partial charge in [-0.3, -0.25) is 4.79 Å². The van der Waals surface area contributed by atoms with Gasteiger partial charge in [0.15, 0.2) is 0 Å². The number of likely N-dealkylation sites (N-methyl/N-ethyl adjacent to an activating group) is 1. The number of ether oxygens (including phenoxy) is 1. The molecule has 0 spiro atoms. The van der Waals surface area contributed by atoms with Crippen LogP contribution < -0.4 is 16.0 Å². The molecule has 100 valence electrons. The fourth-order valence-electron chi connectivity index (χ4n) is 2.12. The third-order valence-electron chi connectivity index (χ3n) is 3.17. The first kappa shape index (κ1) is 13.2. The zero-order valence-electron chi connectivity index (χ0n) is 10.7. The molecule has 1 atom stereocenters. The molecule has 1 aliphatic rings. The zero-order valence-corrected chi connectivity index (χ0v) is 10.7. The Bertz CT molecular complexity index is 524. The average molecular weight is 260 g/mol. The van der Waals surface area contributed by atoms with Crippen LogP contribution in [-0.2, 0) is 9.53 Å². The van der Waals surface area contributed by atoms with Crippen molar-refractivity contribution in [2.24, 2.45) is 0 Å². The molecule has 0 aromatic heterocycles. The molecule has 1 aromatic carbocycles. The number of rotatable bonds is 2. The molecule has 6 nitrogen and oxygen atoms in total. The normalized spacial score (nSPS) is 18.7. The number of benzene rings is 1. The Kier molecular flexibility index (Phi) is 3.88. The standard InChI is InChI=1S/C13H16N4O2/c1-16-13(18)12-8-19-5-4-17(12)10-2-3-11(15)9(6-10)7-14/h2-3,6,12H,4-5,8,15H2,1H3,(H,16,18). The minimum atomic E-state index is -0.381. The number of amides is 1. The highest BCUT2D eigenvalue weighted by molar-refractivity contribution is 5.85. The van der Waals surface area contributed by atoms with Gasteiger partial charge in [0.2, 0.25) is 5.91 Å². The van der Waals surface area contributed by atoms with Crippen molar-refractivity contribution < 1.29 is 9.53 Å². The van der Waals surface area contributed by atoms with Crippen LogP contribution in [0.4, 0.5) is 11.4 Å². The number of nitrogens with one attached hydrogen (secondary N) is 1. The summed E-state index contributed by atoms with van der Waals surface area (Å²) in [5.41, 5.74) is 7.37. The van der Waals surface area contributed by atoms with Gasteiger partial charge < -0.3 is 20.7 Å². The van der Waals surface area contributed by atoms with Crippen molar-refractivity contribution in [3.8, 4) is 6.07 Å². The summed E-state index contributed by atoms with van der Waals surface area (Å²) in [5.74, 6) is -0.102. The van der Waals surface area contributed by atoms with Gasteiger partial charge in [-0.1, -0.05) is 0 Å². The number of nitrogens with two attached hydrogens (primary N) is 1. The maximum absolute atomic E-state index is 11.8. The van der Waals surface area contributed by atoms with Gasteiger partial charge in [-0.05, 0) is 18.2 Å². The lowest BCUT2D eigenvalue weighted by atomic mass is 10.1. The lowest BCUT2D eigenvalue weighted by molar-refractivity contribution is -0.124. The van der Waals surface area contributed by atoms with Crippen molar-refractivity contribution in [1.82, 2.24) is 5.32 Å². The second-order valence-corrected chi connectivity index (χ2v) is 4.28. The highest BCUT2D eigenvalue weighted by Gasteiger charge is 2.29. The molecule has 0 bridgehead atoms. The lowest BCUT2D eigenvalue weighted by Gasteiger charge is -2.36. The van der Waals surface area contributed by atoms with Crippen LogP contribution in [0.15, 0.2) is 18.2 Å². The molecule has 1 fully saturated rings. The first-order valence-corrected chi connectivity index (χ1v) is 6.03. The SMILES string of the molecule is CNC(=O)C1COCCN1c1ccc(N)c(C#N)c1. The van der Waals surface area contributed by atoms with E-state index in [-0.39, 0.29) is 11.9 Å². The molecular formula is C13H16N4O2. The van der Waals surface area contributed by atoms with Crippen LogP contribution in [0.1, 0.15) is 5.56 Å². The zero-order chi connectivity index (χ0) is 13.8. The van der Waals surface area contributed by atoms with Gasteiger partial charge in [-0.15, -0.1) is 0 Å². The number of nitriles is 1. The Morgan fingerprint density at radius 2 is 2.42 bits per heavy atom. The van der Waals surface area contributed by atoms with E-state index in [0.29, 0.717) is 31.0 Å². The van der Waals surface area contributed by atoms with Crippen molar-refractivity contribution >= 4 is 17.3 Å². The molecule has 0 radical (unpaired) electrons. The van der Waals surface area contributed by atoms with Gasteiger partial charge in [0.25, 0.3) is 0 Å². The summed E-state index contributed by atoms with van der Waals surface area (Å²) >= 11 is 0. The van der Waals surface area contributed by atoms with Crippen LogP contribution in [0.3, 0.4) is 0 Å². The molecule has 0 aliphatic carbocycles. The topological polar surface area (TPSA) is 91.4 Å². The molecule has 0 saturated carbocycles. The van der Waals surface area contributed by atoms with E-state index in [1.54, 1.807) is 19.2 Å². The Morgan fingerprint density at radius 3 is 3.11 bits per heavy atom. The molecule has 1 aliphatic heterocycles. The highest BCUT2D eigenvalue weighted by atomic mass is 16.5. The van der Waals surface area contributed by atoms with Gasteiger partial charge in [0, 0.05) is 25.0 Å². The highest BCUT2D eigenvalue weighted by Crippen LogP contribution is 2.24. The van der Waals surface area contributed by atoms with E-state index in [1.165, 1.54) is 0 Å². The number of hydrogen-bond donors (Lipinski definition) is 2. The third kappa shape index (κ3) is 2.61. The van der Waals surface area contributed by atoms with Crippen LogP contribution in [-0.4, -0.2) is 38.8 Å². The van der Waals surface area contributed by atoms with Crippen LogP contribution in [0, 0.1) is 11.3 Å². The fraction of sp³-hybridized carbons (Fsp3) is 0.385. The average Bonchev–Trinajstić information content (AvgIpc) is 2.47. The van der Waals surface area contributed by atoms with Gasteiger partial charge in [0.1, 0.15) is 12.1 Å². The number of nitrogen functional groups attached to an aromatic ring is 1. The Hall–Kier alpha value is -2.26. The summed E-state index contributed by atoms with van der Waals surface area (Å²) in [4.78, 5) is 13.8. The summed E-state index contributed by atoms with van der Waals surface area (Å²) in [7, 11) is 1.60. The Morgan fingerprint density at radius 1 is 1.63 bits per heavy atom. The quantitative estimate of drug-likeness (QED) is 0.735. The van der Waals surface area contributed by atoms with Crippen molar-refractivity contribution in [1.29, 1.82) is 5.26 Å². The molecule has 1 aromatic rings. The number of nitrogens with zero attached hydrogens (tertiary/aromatic N) is 2. The number of carbonyl (C=O) groups is 1. The Labute approximate surface area is 111 Å². The molecule has 19 heavy (non-hydrogen) atoms. The molecule has 1 heterocycles. The summed E-state index contributed by atoms with van der Waals surface area (Å²) in [6.07, 6.45) is 0. The first-order chi connectivity index (χ1) is 9.17. The molecule has 1 amide bonds. The predicted molar refractivity (Wildman–Crippen MR) is 71.6 cm³/mol. The van der Waals surface area contributed by atoms with Crippen LogP contribution in [0.5, 0.6) is 0 Å². The predicted octanol–water partition coefficient (Wildman–Crippen LogP) is 0.0917. The number of hydrogen-bond acceptors (Lipinski definition) is 5. The first-order valence-electron chi connectivity index (χ1n) is 6.03. The summed E-state index contributed by atoms with van der Waals surface area (Å²) in [6, 6.07) is 6.88. The molecule has 6 heteroatoms. The summed E-state index contributed by atoms with van der Waals surface area (Å²) in [5, 5.41) is 11.6. The second kappa shape index (κ2) is 5.59. The second-order valence-electron chi connectivity index (χ2n) is 4.28. The molecular weight excluding hydrogens is 244 g/mol. The number of carbonyl (C=O) groups excluding carboxylic acids is 1. The third-order valence-corrected chi connectivity index (χ3v) is 3.17. The van der Waals surface area contributed by atoms with Crippen LogP contribution in [0.2, 0.25) is 0 Å². The smallest absolute Gasteiger partial charge is 0.244 e. The Balaban J connectivity index is 2.32. The largest absolute Gasteiger partial charge is 0.398 e. The lowest BCUT2D eigenvalue weighted by Crippen LogP contribution is -2.53.